The molecule has 2 rings (SSSR count). The Bertz CT molecular complexity index is 774. The number of benzene rings is 1. The largest absolute Gasteiger partial charge is 0.298 e. The Morgan fingerprint density at radius 3 is 2.23 bits per heavy atom. The maximum absolute atomic E-state index is 12.1. The van der Waals surface area contributed by atoms with Crippen LogP contribution in [0.4, 0.5) is 5.13 Å². The summed E-state index contributed by atoms with van der Waals surface area (Å²) in [6, 6.07) is 5.81. The van der Waals surface area contributed by atoms with Crippen molar-refractivity contribution in [1.82, 2.24) is 9.29 Å². The van der Waals surface area contributed by atoms with Crippen molar-refractivity contribution < 1.29 is 13.2 Å². The van der Waals surface area contributed by atoms with E-state index >= 15 is 0 Å². The number of nitrogens with one attached hydrogen (secondary N) is 1. The molecule has 0 bridgehead atoms. The molecule has 1 amide bonds. The van der Waals surface area contributed by atoms with Crippen LogP contribution in [0.5, 0.6) is 0 Å². The second-order valence-corrected chi connectivity index (χ2v) is 8.28. The molecule has 0 aliphatic carbocycles. The molecule has 1 aromatic carbocycles. The summed E-state index contributed by atoms with van der Waals surface area (Å²) in [6.45, 7) is 3.81. The first-order valence-corrected chi connectivity index (χ1v) is 8.75. The van der Waals surface area contributed by atoms with Gasteiger partial charge in [0.05, 0.1) is 10.6 Å². The molecule has 22 heavy (non-hydrogen) atoms. The molecular formula is C14H17N3O3S2. The number of rotatable bonds is 4. The van der Waals surface area contributed by atoms with E-state index in [0.717, 1.165) is 14.9 Å². The van der Waals surface area contributed by atoms with E-state index in [4.69, 9.17) is 0 Å². The number of sulfonamides is 1. The Kier molecular flexibility index (Phi) is 4.64. The summed E-state index contributed by atoms with van der Waals surface area (Å²) >= 11 is 1.40. The molecule has 8 heteroatoms. The molecule has 0 spiro atoms. The highest BCUT2D eigenvalue weighted by atomic mass is 32.2. The molecule has 118 valence electrons. The Balaban J connectivity index is 2.18. The maximum Gasteiger partial charge on any atom is 0.257 e. The van der Waals surface area contributed by atoms with Crippen molar-refractivity contribution in [1.29, 1.82) is 0 Å². The summed E-state index contributed by atoms with van der Waals surface area (Å²) < 4.78 is 25.1. The quantitative estimate of drug-likeness (QED) is 0.927. The number of carbonyl (C=O) groups is 1. The van der Waals surface area contributed by atoms with Gasteiger partial charge in [0.25, 0.3) is 5.91 Å². The van der Waals surface area contributed by atoms with E-state index in [1.54, 1.807) is 0 Å². The molecule has 0 aliphatic rings. The number of nitrogens with zero attached hydrogens (tertiary/aromatic N) is 2. The van der Waals surface area contributed by atoms with Gasteiger partial charge in [-0.05, 0) is 38.1 Å². The number of hydrogen-bond donors (Lipinski definition) is 1. The predicted octanol–water partition coefficient (Wildman–Crippen LogP) is 2.26. The third kappa shape index (κ3) is 3.34. The second-order valence-electron chi connectivity index (χ2n) is 4.93. The van der Waals surface area contributed by atoms with Gasteiger partial charge < -0.3 is 0 Å². The monoisotopic (exact) mass is 339 g/mol. The van der Waals surface area contributed by atoms with Crippen LogP contribution in [-0.4, -0.2) is 37.7 Å². The van der Waals surface area contributed by atoms with Crippen molar-refractivity contribution in [3.8, 4) is 0 Å². The molecule has 0 radical (unpaired) electrons. The van der Waals surface area contributed by atoms with E-state index in [1.165, 1.54) is 49.7 Å². The predicted molar refractivity (Wildman–Crippen MR) is 86.9 cm³/mol. The summed E-state index contributed by atoms with van der Waals surface area (Å²) in [5.74, 6) is -0.317. The topological polar surface area (TPSA) is 79.4 Å². The summed E-state index contributed by atoms with van der Waals surface area (Å²) in [4.78, 5) is 17.6. The minimum absolute atomic E-state index is 0.148. The van der Waals surface area contributed by atoms with Gasteiger partial charge >= 0.3 is 0 Å². The van der Waals surface area contributed by atoms with Gasteiger partial charge in [-0.2, -0.15) is 0 Å². The summed E-state index contributed by atoms with van der Waals surface area (Å²) in [7, 11) is -0.566. The number of aryl methyl sites for hydroxylation is 2. The number of amides is 1. The first-order valence-electron chi connectivity index (χ1n) is 6.50. The highest BCUT2D eigenvalue weighted by Gasteiger charge is 2.17. The van der Waals surface area contributed by atoms with Gasteiger partial charge in [-0.15, -0.1) is 11.3 Å². The summed E-state index contributed by atoms with van der Waals surface area (Å²) in [5, 5.41) is 3.24. The van der Waals surface area contributed by atoms with Crippen molar-refractivity contribution in [3.05, 3.63) is 40.4 Å². The number of hydrogen-bond acceptors (Lipinski definition) is 5. The van der Waals surface area contributed by atoms with Crippen LogP contribution in [0.25, 0.3) is 0 Å². The van der Waals surface area contributed by atoms with E-state index in [-0.39, 0.29) is 10.8 Å². The molecule has 0 fully saturated rings. The second kappa shape index (κ2) is 6.15. The molecular weight excluding hydrogens is 322 g/mol. The summed E-state index contributed by atoms with van der Waals surface area (Å²) in [5.41, 5.74) is 1.26. The van der Waals surface area contributed by atoms with Crippen LogP contribution in [0.1, 0.15) is 20.9 Å². The zero-order chi connectivity index (χ0) is 16.5. The molecule has 1 N–H and O–H groups in total. The van der Waals surface area contributed by atoms with E-state index in [2.05, 4.69) is 10.3 Å². The summed E-state index contributed by atoms with van der Waals surface area (Å²) in [6.07, 6.45) is 0. The molecule has 6 nitrogen and oxygen atoms in total. The van der Waals surface area contributed by atoms with Crippen LogP contribution in [-0.2, 0) is 10.0 Å². The molecule has 0 aliphatic heterocycles. The fraction of sp³-hybridized carbons (Fsp3) is 0.286. The average Bonchev–Trinajstić information content (AvgIpc) is 2.77. The van der Waals surface area contributed by atoms with Crippen LogP contribution >= 0.6 is 11.3 Å². The average molecular weight is 339 g/mol. The first-order chi connectivity index (χ1) is 10.2. The number of carbonyl (C=O) groups excluding carboxylic acids is 1. The van der Waals surface area contributed by atoms with Crippen LogP contribution < -0.4 is 5.32 Å². The Hall–Kier alpha value is -1.77. The van der Waals surface area contributed by atoms with Gasteiger partial charge in [0.15, 0.2) is 5.13 Å². The Morgan fingerprint density at radius 2 is 1.77 bits per heavy atom. The van der Waals surface area contributed by atoms with Crippen LogP contribution in [0, 0.1) is 13.8 Å². The smallest absolute Gasteiger partial charge is 0.257 e. The highest BCUT2D eigenvalue weighted by molar-refractivity contribution is 7.89. The Morgan fingerprint density at radius 1 is 1.18 bits per heavy atom. The zero-order valence-electron chi connectivity index (χ0n) is 12.7. The van der Waals surface area contributed by atoms with E-state index in [1.807, 2.05) is 13.8 Å². The van der Waals surface area contributed by atoms with E-state index in [0.29, 0.717) is 10.7 Å². The third-order valence-electron chi connectivity index (χ3n) is 3.14. The standard InChI is InChI=1S/C14H17N3O3S2/c1-9-10(2)21-14(15-9)16-13(18)11-5-7-12(8-6-11)22(19,20)17(3)4/h5-8H,1-4H3,(H,15,16,18). The fourth-order valence-corrected chi connectivity index (χ4v) is 3.40. The molecule has 0 saturated carbocycles. The third-order valence-corrected chi connectivity index (χ3v) is 5.96. The lowest BCUT2D eigenvalue weighted by Gasteiger charge is -2.11. The lowest BCUT2D eigenvalue weighted by atomic mass is 10.2. The van der Waals surface area contributed by atoms with Crippen LogP contribution in [0.3, 0.4) is 0 Å². The molecule has 0 unspecified atom stereocenters. The van der Waals surface area contributed by atoms with Gasteiger partial charge in [-0.25, -0.2) is 17.7 Å². The SMILES string of the molecule is Cc1nc(NC(=O)c2ccc(S(=O)(=O)N(C)C)cc2)sc1C. The van der Waals surface area contributed by atoms with Crippen molar-refractivity contribution in [3.63, 3.8) is 0 Å². The van der Waals surface area contributed by atoms with Gasteiger partial charge in [0.1, 0.15) is 0 Å². The minimum Gasteiger partial charge on any atom is -0.298 e. The van der Waals surface area contributed by atoms with Crippen LogP contribution in [0.2, 0.25) is 0 Å². The van der Waals surface area contributed by atoms with Crippen molar-refractivity contribution >= 4 is 32.4 Å². The maximum atomic E-state index is 12.1. The highest BCUT2D eigenvalue weighted by Crippen LogP contribution is 2.22. The zero-order valence-corrected chi connectivity index (χ0v) is 14.4. The number of anilines is 1. The minimum atomic E-state index is -3.49. The number of aromatic nitrogens is 1. The molecule has 1 aromatic heterocycles. The van der Waals surface area contributed by atoms with Crippen molar-refractivity contribution in [2.75, 3.05) is 19.4 Å². The lowest BCUT2D eigenvalue weighted by Crippen LogP contribution is -2.22. The van der Waals surface area contributed by atoms with Gasteiger partial charge in [-0.3, -0.25) is 10.1 Å². The van der Waals surface area contributed by atoms with E-state index < -0.39 is 10.0 Å². The van der Waals surface area contributed by atoms with Gasteiger partial charge in [0.2, 0.25) is 10.0 Å². The molecule has 1 heterocycles. The van der Waals surface area contributed by atoms with Crippen molar-refractivity contribution in [2.24, 2.45) is 0 Å². The molecule has 2 aromatic rings. The van der Waals surface area contributed by atoms with Gasteiger partial charge in [0, 0.05) is 24.5 Å². The van der Waals surface area contributed by atoms with Crippen molar-refractivity contribution in [2.45, 2.75) is 18.7 Å². The lowest BCUT2D eigenvalue weighted by molar-refractivity contribution is 0.102. The Labute approximate surface area is 133 Å². The number of thiazole rings is 1. The molecule has 0 atom stereocenters. The first kappa shape index (κ1) is 16.6. The van der Waals surface area contributed by atoms with Gasteiger partial charge in [-0.1, -0.05) is 0 Å². The normalized spacial score (nSPS) is 11.7. The molecule has 0 saturated heterocycles. The van der Waals surface area contributed by atoms with Crippen LogP contribution in [0.15, 0.2) is 29.2 Å². The fourth-order valence-electron chi connectivity index (χ4n) is 1.68. The van der Waals surface area contributed by atoms with E-state index in [9.17, 15) is 13.2 Å².